The van der Waals surface area contributed by atoms with Gasteiger partial charge in [-0.25, -0.2) is 4.79 Å². The van der Waals surface area contributed by atoms with E-state index in [-0.39, 0.29) is 69.3 Å². The minimum Gasteiger partial charge on any atom is -0.545 e. The first-order valence-corrected chi connectivity index (χ1v) is 15.7. The first-order valence-electron chi connectivity index (χ1n) is 15.7. The third-order valence-corrected chi connectivity index (χ3v) is 11.7. The van der Waals surface area contributed by atoms with Crippen LogP contribution >= 0.6 is 0 Å². The van der Waals surface area contributed by atoms with E-state index in [1.807, 2.05) is 6.08 Å². The van der Waals surface area contributed by atoms with E-state index < -0.39 is 11.9 Å². The predicted octanol–water partition coefficient (Wildman–Crippen LogP) is 3.80. The number of ketones is 1. The van der Waals surface area contributed by atoms with Crippen molar-refractivity contribution in [2.75, 3.05) is 0 Å². The third kappa shape index (κ3) is 6.02. The SMILES string of the molecule is CC(C)CCC[C@@H](C)[C@H]1CCC2C3C(=O)C=C4CC(OC(=O)c5ccccc5C(=O)[O-])CC[C@]4(C)C3CC[C@@]21C.[Na+]. The first-order chi connectivity index (χ1) is 19.0. The molecular weight excluding hydrogens is 523 g/mol. The van der Waals surface area contributed by atoms with E-state index in [0.29, 0.717) is 30.1 Å². The molecule has 4 unspecified atom stereocenters. The van der Waals surface area contributed by atoms with E-state index in [4.69, 9.17) is 4.74 Å². The van der Waals surface area contributed by atoms with E-state index >= 15 is 0 Å². The Morgan fingerprint density at radius 1 is 0.976 bits per heavy atom. The van der Waals surface area contributed by atoms with E-state index in [0.717, 1.165) is 30.8 Å². The third-order valence-electron chi connectivity index (χ3n) is 11.7. The van der Waals surface area contributed by atoms with Crippen molar-refractivity contribution < 1.29 is 53.8 Å². The van der Waals surface area contributed by atoms with Crippen molar-refractivity contribution in [1.82, 2.24) is 0 Å². The molecule has 3 saturated carbocycles. The van der Waals surface area contributed by atoms with Crippen molar-refractivity contribution in [3.63, 3.8) is 0 Å². The minimum atomic E-state index is -1.39. The quantitative estimate of drug-likeness (QED) is 0.351. The molecule has 3 fully saturated rings. The fraction of sp³-hybridized carbons (Fsp3) is 0.686. The number of benzene rings is 1. The number of ether oxygens (including phenoxy) is 1. The van der Waals surface area contributed by atoms with Gasteiger partial charge in [-0.2, -0.15) is 0 Å². The molecule has 5 rings (SSSR count). The molecule has 0 amide bonds. The summed E-state index contributed by atoms with van der Waals surface area (Å²) in [6.07, 6.45) is 12.3. The Bertz CT molecular complexity index is 1190. The molecule has 1 aromatic rings. The maximum atomic E-state index is 13.8. The van der Waals surface area contributed by atoms with E-state index in [1.165, 1.54) is 50.7 Å². The van der Waals surface area contributed by atoms with Crippen LogP contribution in [0.5, 0.6) is 0 Å². The second-order valence-electron chi connectivity index (χ2n) is 14.4. The summed E-state index contributed by atoms with van der Waals surface area (Å²) in [6.45, 7) is 11.9. The number of hydrogen-bond donors (Lipinski definition) is 0. The van der Waals surface area contributed by atoms with Crippen molar-refractivity contribution in [3.05, 3.63) is 47.0 Å². The van der Waals surface area contributed by atoms with Gasteiger partial charge in [0.2, 0.25) is 0 Å². The molecule has 218 valence electrons. The molecule has 0 heterocycles. The Morgan fingerprint density at radius 2 is 1.68 bits per heavy atom. The van der Waals surface area contributed by atoms with Crippen LogP contribution < -0.4 is 34.7 Å². The summed E-state index contributed by atoms with van der Waals surface area (Å²) >= 11 is 0. The smallest absolute Gasteiger partial charge is 0.545 e. The van der Waals surface area contributed by atoms with Gasteiger partial charge in [-0.05, 0) is 91.1 Å². The van der Waals surface area contributed by atoms with Gasteiger partial charge in [-0.1, -0.05) is 77.7 Å². The number of esters is 1. The molecule has 5 nitrogen and oxygen atoms in total. The van der Waals surface area contributed by atoms with Gasteiger partial charge in [-0.15, -0.1) is 0 Å². The molecule has 8 atom stereocenters. The van der Waals surface area contributed by atoms with Gasteiger partial charge < -0.3 is 14.6 Å². The average Bonchev–Trinajstić information content (AvgIpc) is 3.26. The summed E-state index contributed by atoms with van der Waals surface area (Å²) in [5.74, 6) is 1.35. The Balaban J connectivity index is 0.00000387. The van der Waals surface area contributed by atoms with Crippen molar-refractivity contribution in [1.29, 1.82) is 0 Å². The minimum absolute atomic E-state index is 0. The van der Waals surface area contributed by atoms with E-state index in [1.54, 1.807) is 12.1 Å². The standard InChI is InChI=1S/C35H48O5.Na/c1-21(2)9-8-10-22(3)27-13-14-28-31-29(16-18-35(27,28)5)34(4)17-15-24(19-23(34)20-30(31)36)40-33(39)26-12-7-6-11-25(26)32(37)38;/h6-7,11-12,20-22,24,27-29,31H,8-10,13-19H2,1-5H3,(H,37,38);/q;+1/p-1/t22-,24?,27-,28?,29?,31?,34+,35-;/m1./s1. The van der Waals surface area contributed by atoms with Crippen molar-refractivity contribution in [2.24, 2.45) is 46.3 Å². The summed E-state index contributed by atoms with van der Waals surface area (Å²) in [5, 5.41) is 11.5. The Morgan fingerprint density at radius 3 is 2.37 bits per heavy atom. The molecule has 41 heavy (non-hydrogen) atoms. The largest absolute Gasteiger partial charge is 1.00 e. The van der Waals surface area contributed by atoms with Crippen LogP contribution in [0.2, 0.25) is 0 Å². The number of hydrogen-bond acceptors (Lipinski definition) is 5. The Hall–Kier alpha value is -1.43. The predicted molar refractivity (Wildman–Crippen MR) is 153 cm³/mol. The molecule has 0 aromatic heterocycles. The molecule has 0 saturated heterocycles. The average molecular weight is 571 g/mol. The fourth-order valence-electron chi connectivity index (χ4n) is 9.55. The maximum absolute atomic E-state index is 13.8. The molecule has 6 heteroatoms. The molecular formula is C35H47NaO5. The van der Waals surface area contributed by atoms with Gasteiger partial charge >= 0.3 is 35.5 Å². The summed E-state index contributed by atoms with van der Waals surface area (Å²) < 4.78 is 5.82. The van der Waals surface area contributed by atoms with Gasteiger partial charge in [-0.3, -0.25) is 4.79 Å². The topological polar surface area (TPSA) is 83.5 Å². The molecule has 0 radical (unpaired) electrons. The molecule has 0 N–H and O–H groups in total. The van der Waals surface area contributed by atoms with Crippen LogP contribution in [0.1, 0.15) is 120 Å². The normalized spacial score (nSPS) is 34.9. The van der Waals surface area contributed by atoms with Crippen LogP contribution in [-0.2, 0) is 9.53 Å². The summed E-state index contributed by atoms with van der Waals surface area (Å²) in [6, 6.07) is 6.02. The molecule has 4 aliphatic carbocycles. The van der Waals surface area contributed by atoms with Crippen molar-refractivity contribution in [3.8, 4) is 0 Å². The molecule has 1 aromatic carbocycles. The van der Waals surface area contributed by atoms with Gasteiger partial charge in [0.1, 0.15) is 6.10 Å². The number of aromatic carboxylic acids is 1. The van der Waals surface area contributed by atoms with Crippen molar-refractivity contribution >= 4 is 17.7 Å². The molecule has 0 bridgehead atoms. The van der Waals surface area contributed by atoms with E-state index in [2.05, 4.69) is 34.6 Å². The fourth-order valence-corrected chi connectivity index (χ4v) is 9.55. The molecule has 4 aliphatic rings. The van der Waals surface area contributed by atoms with Crippen LogP contribution in [0.3, 0.4) is 0 Å². The summed E-state index contributed by atoms with van der Waals surface area (Å²) in [4.78, 5) is 38.2. The van der Waals surface area contributed by atoms with Crippen LogP contribution in [0.4, 0.5) is 0 Å². The Kier molecular flexibility index (Phi) is 10.0. The number of fused-ring (bicyclic) bond motifs is 5. The summed E-state index contributed by atoms with van der Waals surface area (Å²) in [5.41, 5.74) is 1.18. The number of carbonyl (C=O) groups is 3. The number of carboxylic acid groups (broad SMARTS) is 1. The number of allylic oxidation sites excluding steroid dienone is 1. The number of rotatable bonds is 8. The second-order valence-corrected chi connectivity index (χ2v) is 14.4. The number of carbonyl (C=O) groups excluding carboxylic acids is 3. The van der Waals surface area contributed by atoms with Gasteiger partial charge in [0.05, 0.1) is 11.5 Å². The monoisotopic (exact) mass is 570 g/mol. The maximum Gasteiger partial charge on any atom is 1.00 e. The van der Waals surface area contributed by atoms with Crippen LogP contribution in [0.15, 0.2) is 35.9 Å². The zero-order valence-electron chi connectivity index (χ0n) is 26.0. The Labute approximate surface area is 268 Å². The summed E-state index contributed by atoms with van der Waals surface area (Å²) in [7, 11) is 0. The van der Waals surface area contributed by atoms with Crippen LogP contribution in [0.25, 0.3) is 0 Å². The zero-order valence-corrected chi connectivity index (χ0v) is 28.0. The van der Waals surface area contributed by atoms with E-state index in [9.17, 15) is 19.5 Å². The second kappa shape index (κ2) is 12.7. The first kappa shape index (κ1) is 32.5. The van der Waals surface area contributed by atoms with Gasteiger partial charge in [0, 0.05) is 17.9 Å². The van der Waals surface area contributed by atoms with Gasteiger partial charge in [0.15, 0.2) is 5.78 Å². The zero-order chi connectivity index (χ0) is 28.8. The van der Waals surface area contributed by atoms with Crippen molar-refractivity contribution in [2.45, 2.75) is 105 Å². The van der Waals surface area contributed by atoms with Crippen LogP contribution in [0, 0.1) is 46.3 Å². The molecule has 0 aliphatic heterocycles. The van der Waals surface area contributed by atoms with Crippen LogP contribution in [-0.4, -0.2) is 23.8 Å². The molecule has 0 spiro atoms. The van der Waals surface area contributed by atoms with Gasteiger partial charge in [0.25, 0.3) is 0 Å². The number of carboxylic acids is 1.